The number of hydrogen-bond acceptors (Lipinski definition) is 6. The van der Waals surface area contributed by atoms with Gasteiger partial charge in [-0.25, -0.2) is 0 Å². The van der Waals surface area contributed by atoms with Crippen LogP contribution < -0.4 is 0 Å². The summed E-state index contributed by atoms with van der Waals surface area (Å²) in [6.45, 7) is 6.66. The largest absolute Gasteiger partial charge is 0.462 e. The number of ether oxygens (including phenoxy) is 3. The highest BCUT2D eigenvalue weighted by molar-refractivity contribution is 5.71. The summed E-state index contributed by atoms with van der Waals surface area (Å²) in [5.41, 5.74) is 0. The van der Waals surface area contributed by atoms with Crippen molar-refractivity contribution in [3.05, 3.63) is 0 Å². The number of rotatable bonds is 59. The van der Waals surface area contributed by atoms with Crippen LogP contribution in [0.4, 0.5) is 0 Å². The Balaban J connectivity index is 3.99. The normalized spacial score (nSPS) is 11.9. The molecular formula is C63H122O6. The Morgan fingerprint density at radius 2 is 0.391 bits per heavy atom. The lowest BCUT2D eigenvalue weighted by atomic mass is 10.0. The lowest BCUT2D eigenvalue weighted by Gasteiger charge is -2.18. The van der Waals surface area contributed by atoms with Crippen molar-refractivity contribution >= 4 is 17.9 Å². The van der Waals surface area contributed by atoms with Crippen LogP contribution in [0.1, 0.15) is 367 Å². The molecule has 0 saturated carbocycles. The van der Waals surface area contributed by atoms with Crippen molar-refractivity contribution < 1.29 is 28.6 Å². The summed E-state index contributed by atoms with van der Waals surface area (Å²) in [4.78, 5) is 37.9. The summed E-state index contributed by atoms with van der Waals surface area (Å²) in [5, 5.41) is 0. The van der Waals surface area contributed by atoms with Crippen molar-refractivity contribution in [3.63, 3.8) is 0 Å². The molecule has 0 rings (SSSR count). The molecule has 0 heterocycles. The van der Waals surface area contributed by atoms with Gasteiger partial charge in [0.1, 0.15) is 13.2 Å². The quantitative estimate of drug-likeness (QED) is 0.0343. The zero-order chi connectivity index (χ0) is 50.0. The fourth-order valence-electron chi connectivity index (χ4n) is 9.86. The number of unbranched alkanes of at least 4 members (excludes halogenated alkanes) is 48. The van der Waals surface area contributed by atoms with Crippen LogP contribution in [0.15, 0.2) is 0 Å². The minimum Gasteiger partial charge on any atom is -0.462 e. The van der Waals surface area contributed by atoms with Crippen molar-refractivity contribution in [2.45, 2.75) is 374 Å². The van der Waals surface area contributed by atoms with Crippen LogP contribution in [-0.4, -0.2) is 37.2 Å². The molecule has 410 valence electrons. The first kappa shape index (κ1) is 67.4. The molecule has 6 heteroatoms. The van der Waals surface area contributed by atoms with Crippen molar-refractivity contribution in [3.8, 4) is 0 Å². The summed E-state index contributed by atoms with van der Waals surface area (Å²) in [6, 6.07) is 0. The molecule has 0 bridgehead atoms. The van der Waals surface area contributed by atoms with Crippen molar-refractivity contribution in [2.75, 3.05) is 13.2 Å². The first-order valence-corrected chi connectivity index (χ1v) is 31.5. The minimum absolute atomic E-state index is 0.0620. The topological polar surface area (TPSA) is 78.9 Å². The highest BCUT2D eigenvalue weighted by atomic mass is 16.6. The molecule has 1 atom stereocenters. The molecule has 0 radical (unpaired) electrons. The second-order valence-electron chi connectivity index (χ2n) is 21.7. The minimum atomic E-state index is -0.760. The Kier molecular flexibility index (Phi) is 57.6. The average Bonchev–Trinajstić information content (AvgIpc) is 3.35. The van der Waals surface area contributed by atoms with Crippen molar-refractivity contribution in [2.24, 2.45) is 0 Å². The van der Waals surface area contributed by atoms with E-state index in [1.54, 1.807) is 0 Å². The molecule has 6 nitrogen and oxygen atoms in total. The number of carbonyl (C=O) groups is 3. The average molecular weight is 976 g/mol. The molecule has 0 aromatic rings. The first-order chi connectivity index (χ1) is 34.0. The van der Waals surface area contributed by atoms with Gasteiger partial charge in [0, 0.05) is 19.3 Å². The van der Waals surface area contributed by atoms with Gasteiger partial charge in [-0.3, -0.25) is 14.4 Å². The highest BCUT2D eigenvalue weighted by Gasteiger charge is 2.19. The number of hydrogen-bond donors (Lipinski definition) is 0. The molecule has 0 aliphatic carbocycles. The zero-order valence-corrected chi connectivity index (χ0v) is 47.1. The fourth-order valence-corrected chi connectivity index (χ4v) is 9.86. The molecule has 0 aromatic carbocycles. The van der Waals surface area contributed by atoms with Gasteiger partial charge in [-0.1, -0.05) is 329 Å². The fraction of sp³-hybridized carbons (Fsp3) is 0.952. The summed E-state index contributed by atoms with van der Waals surface area (Å²) in [6.07, 6.45) is 67.3. The van der Waals surface area contributed by atoms with Gasteiger partial charge in [0.2, 0.25) is 0 Å². The second kappa shape index (κ2) is 59.0. The van der Waals surface area contributed by atoms with Crippen LogP contribution in [0, 0.1) is 0 Å². The molecule has 0 N–H and O–H groups in total. The Hall–Kier alpha value is -1.59. The van der Waals surface area contributed by atoms with E-state index in [0.29, 0.717) is 19.3 Å². The SMILES string of the molecule is CCCCCCCCCCCCCCCCCCCCCCCCCCCCC(=O)OCC(COC(=O)CCCCCCCC)OC(=O)CCCCCCCCCCCCCCCCCCCCC. The van der Waals surface area contributed by atoms with Crippen molar-refractivity contribution in [1.82, 2.24) is 0 Å². The molecule has 69 heavy (non-hydrogen) atoms. The van der Waals surface area contributed by atoms with Gasteiger partial charge in [-0.2, -0.15) is 0 Å². The van der Waals surface area contributed by atoms with E-state index in [9.17, 15) is 14.4 Å². The van der Waals surface area contributed by atoms with E-state index in [1.165, 1.54) is 270 Å². The number of esters is 3. The van der Waals surface area contributed by atoms with Crippen molar-refractivity contribution in [1.29, 1.82) is 0 Å². The predicted molar refractivity (Wildman–Crippen MR) is 298 cm³/mol. The van der Waals surface area contributed by atoms with Gasteiger partial charge in [0.15, 0.2) is 6.10 Å². The predicted octanol–water partition coefficient (Wildman–Crippen LogP) is 21.1. The molecule has 0 aliphatic heterocycles. The zero-order valence-electron chi connectivity index (χ0n) is 47.1. The Labute approximate surface area is 431 Å². The van der Waals surface area contributed by atoms with E-state index in [2.05, 4.69) is 20.8 Å². The van der Waals surface area contributed by atoms with Crippen LogP contribution in [0.5, 0.6) is 0 Å². The molecule has 0 aromatic heterocycles. The molecule has 0 spiro atoms. The Morgan fingerprint density at radius 1 is 0.232 bits per heavy atom. The Morgan fingerprint density at radius 3 is 0.580 bits per heavy atom. The lowest BCUT2D eigenvalue weighted by Crippen LogP contribution is -2.30. The maximum atomic E-state index is 12.8. The monoisotopic (exact) mass is 975 g/mol. The van der Waals surface area contributed by atoms with Crippen LogP contribution in [0.25, 0.3) is 0 Å². The van der Waals surface area contributed by atoms with E-state index >= 15 is 0 Å². The Bertz CT molecular complexity index is 1030. The number of carbonyl (C=O) groups excluding carboxylic acids is 3. The van der Waals surface area contributed by atoms with Gasteiger partial charge in [-0.15, -0.1) is 0 Å². The summed E-state index contributed by atoms with van der Waals surface area (Å²) in [7, 11) is 0. The van der Waals surface area contributed by atoms with E-state index in [1.807, 2.05) is 0 Å². The molecule has 0 aliphatic rings. The molecule has 1 unspecified atom stereocenters. The maximum Gasteiger partial charge on any atom is 0.306 e. The molecule has 0 saturated heterocycles. The van der Waals surface area contributed by atoms with Crippen LogP contribution in [-0.2, 0) is 28.6 Å². The van der Waals surface area contributed by atoms with Crippen LogP contribution in [0.3, 0.4) is 0 Å². The molecule has 0 amide bonds. The van der Waals surface area contributed by atoms with Gasteiger partial charge < -0.3 is 14.2 Å². The standard InChI is InChI=1S/C63H122O6/c1-4-7-10-13-16-18-20-22-24-26-28-29-30-31-32-33-34-36-37-39-41-43-45-47-50-53-56-62(65)68-59-60(58-67-61(64)55-52-49-15-12-9-6-3)69-63(66)57-54-51-48-46-44-42-40-38-35-27-25-23-21-19-17-14-11-8-5-2/h60H,4-59H2,1-3H3. The van der Waals surface area contributed by atoms with Gasteiger partial charge in [-0.05, 0) is 19.3 Å². The molecule has 0 fully saturated rings. The van der Waals surface area contributed by atoms with E-state index < -0.39 is 6.10 Å². The summed E-state index contributed by atoms with van der Waals surface area (Å²) < 4.78 is 16.8. The van der Waals surface area contributed by atoms with Gasteiger partial charge in [0.05, 0.1) is 0 Å². The highest BCUT2D eigenvalue weighted by Crippen LogP contribution is 2.19. The van der Waals surface area contributed by atoms with Crippen LogP contribution >= 0.6 is 0 Å². The third-order valence-corrected chi connectivity index (χ3v) is 14.6. The smallest absolute Gasteiger partial charge is 0.306 e. The van der Waals surface area contributed by atoms with E-state index in [0.717, 1.165) is 57.8 Å². The first-order valence-electron chi connectivity index (χ1n) is 31.5. The summed E-state index contributed by atoms with van der Waals surface area (Å²) >= 11 is 0. The van der Waals surface area contributed by atoms with E-state index in [-0.39, 0.29) is 31.1 Å². The second-order valence-corrected chi connectivity index (χ2v) is 21.7. The lowest BCUT2D eigenvalue weighted by molar-refractivity contribution is -0.167. The molecular weight excluding hydrogens is 853 g/mol. The van der Waals surface area contributed by atoms with Gasteiger partial charge >= 0.3 is 17.9 Å². The van der Waals surface area contributed by atoms with Crippen LogP contribution in [0.2, 0.25) is 0 Å². The van der Waals surface area contributed by atoms with E-state index in [4.69, 9.17) is 14.2 Å². The third-order valence-electron chi connectivity index (χ3n) is 14.6. The summed E-state index contributed by atoms with van der Waals surface area (Å²) in [5.74, 6) is -0.842. The third kappa shape index (κ3) is 57.2. The van der Waals surface area contributed by atoms with Gasteiger partial charge in [0.25, 0.3) is 0 Å². The maximum absolute atomic E-state index is 12.8.